The Balaban J connectivity index is 2.22. The van der Waals surface area contributed by atoms with Gasteiger partial charge in [-0.25, -0.2) is 4.98 Å². The second kappa shape index (κ2) is 4.39. The van der Waals surface area contributed by atoms with Crippen LogP contribution in [0.1, 0.15) is 10.0 Å². The molecule has 0 saturated carbocycles. The third kappa shape index (κ3) is 2.24. The maximum atomic E-state index is 4.22. The Labute approximate surface area is 112 Å². The molecule has 0 aromatic carbocycles. The molecule has 2 heterocycles. The van der Waals surface area contributed by atoms with Gasteiger partial charge < -0.3 is 4.57 Å². The summed E-state index contributed by atoms with van der Waals surface area (Å²) >= 11 is 6.13. The number of imidazole rings is 1. The van der Waals surface area contributed by atoms with Gasteiger partial charge >= 0.3 is 0 Å². The smallest absolute Gasteiger partial charge is 0.137 e. The molecule has 7 heteroatoms. The summed E-state index contributed by atoms with van der Waals surface area (Å²) in [5.41, 5.74) is 0. The van der Waals surface area contributed by atoms with Crippen LogP contribution in [-0.2, 0) is 6.54 Å². The molecule has 0 atom stereocenters. The minimum atomic E-state index is 0.764. The van der Waals surface area contributed by atoms with Gasteiger partial charge in [-0.2, -0.15) is 0 Å². The van der Waals surface area contributed by atoms with E-state index in [-0.39, 0.29) is 0 Å². The molecule has 0 amide bonds. The fourth-order valence-electron chi connectivity index (χ4n) is 1.00. The summed E-state index contributed by atoms with van der Waals surface area (Å²) in [6, 6.07) is 0. The van der Waals surface area contributed by atoms with E-state index in [4.69, 9.17) is 0 Å². The first-order valence-corrected chi connectivity index (χ1v) is 6.79. The first-order valence-electron chi connectivity index (χ1n) is 3.82. The lowest BCUT2D eigenvalue weighted by Crippen LogP contribution is -2.00. The average Bonchev–Trinajstić information content (AvgIpc) is 2.67. The standard InChI is InChI=1S/C7H6I2N4S/c1-4-11-12-5(14-4)2-13-3-10-6(8)7(13)9/h3H,2H2,1H3. The zero-order valence-corrected chi connectivity index (χ0v) is 12.4. The van der Waals surface area contributed by atoms with Crippen LogP contribution in [0.25, 0.3) is 0 Å². The van der Waals surface area contributed by atoms with E-state index < -0.39 is 0 Å². The molecule has 2 rings (SSSR count). The highest BCUT2D eigenvalue weighted by atomic mass is 127. The van der Waals surface area contributed by atoms with E-state index in [0.29, 0.717) is 0 Å². The van der Waals surface area contributed by atoms with Crippen molar-refractivity contribution in [3.05, 3.63) is 23.7 Å². The molecule has 0 aliphatic heterocycles. The quantitative estimate of drug-likeness (QED) is 0.685. The van der Waals surface area contributed by atoms with E-state index in [9.17, 15) is 0 Å². The Hall–Kier alpha value is 0.230. The highest BCUT2D eigenvalue weighted by Crippen LogP contribution is 2.16. The third-order valence-electron chi connectivity index (χ3n) is 1.61. The van der Waals surface area contributed by atoms with Crippen molar-refractivity contribution >= 4 is 56.5 Å². The minimum absolute atomic E-state index is 0.764. The van der Waals surface area contributed by atoms with Crippen molar-refractivity contribution in [2.45, 2.75) is 13.5 Å². The molecule has 0 fully saturated rings. The lowest BCUT2D eigenvalue weighted by atomic mass is 10.6. The Morgan fingerprint density at radius 1 is 1.43 bits per heavy atom. The number of hydrogen-bond donors (Lipinski definition) is 0. The second-order valence-electron chi connectivity index (χ2n) is 2.67. The van der Waals surface area contributed by atoms with E-state index in [2.05, 4.69) is 64.9 Å². The zero-order valence-electron chi connectivity index (χ0n) is 7.24. The van der Waals surface area contributed by atoms with Crippen LogP contribution in [0.3, 0.4) is 0 Å². The summed E-state index contributed by atoms with van der Waals surface area (Å²) in [5.74, 6) is 0. The zero-order chi connectivity index (χ0) is 10.1. The maximum absolute atomic E-state index is 4.22. The van der Waals surface area contributed by atoms with Crippen molar-refractivity contribution in [1.29, 1.82) is 0 Å². The highest BCUT2D eigenvalue weighted by Gasteiger charge is 2.07. The first-order chi connectivity index (χ1) is 6.66. The van der Waals surface area contributed by atoms with Crippen molar-refractivity contribution in [2.24, 2.45) is 0 Å². The van der Waals surface area contributed by atoms with E-state index in [1.807, 2.05) is 13.3 Å². The number of nitrogens with zero attached hydrogens (tertiary/aromatic N) is 4. The lowest BCUT2D eigenvalue weighted by Gasteiger charge is -1.98. The minimum Gasteiger partial charge on any atom is -0.318 e. The molecule has 0 bridgehead atoms. The number of aryl methyl sites for hydroxylation is 1. The van der Waals surface area contributed by atoms with Crippen molar-refractivity contribution in [1.82, 2.24) is 19.7 Å². The summed E-state index contributed by atoms with van der Waals surface area (Å²) in [7, 11) is 0. The summed E-state index contributed by atoms with van der Waals surface area (Å²) in [6.45, 7) is 2.73. The van der Waals surface area contributed by atoms with Gasteiger partial charge in [0.2, 0.25) is 0 Å². The predicted octanol–water partition coefficient (Wildman–Crippen LogP) is 2.30. The SMILES string of the molecule is Cc1nnc(Cn2cnc(I)c2I)s1. The van der Waals surface area contributed by atoms with Gasteiger partial charge in [0.1, 0.15) is 17.4 Å². The van der Waals surface area contributed by atoms with Crippen LogP contribution in [0.2, 0.25) is 0 Å². The Bertz CT molecular complexity index is 450. The highest BCUT2D eigenvalue weighted by molar-refractivity contribution is 14.1. The first kappa shape index (κ1) is 10.7. The molecule has 0 unspecified atom stereocenters. The van der Waals surface area contributed by atoms with Gasteiger partial charge in [0, 0.05) is 0 Å². The fourth-order valence-corrected chi connectivity index (χ4v) is 2.58. The number of hydrogen-bond acceptors (Lipinski definition) is 4. The molecular weight excluding hydrogens is 426 g/mol. The van der Waals surface area contributed by atoms with Gasteiger partial charge in [-0.15, -0.1) is 10.2 Å². The normalized spacial score (nSPS) is 10.8. The van der Waals surface area contributed by atoms with Gasteiger partial charge in [-0.3, -0.25) is 0 Å². The van der Waals surface area contributed by atoms with Crippen molar-refractivity contribution in [2.75, 3.05) is 0 Å². The molecule has 0 aliphatic carbocycles. The largest absolute Gasteiger partial charge is 0.318 e. The fraction of sp³-hybridized carbons (Fsp3) is 0.286. The van der Waals surface area contributed by atoms with E-state index >= 15 is 0 Å². The van der Waals surface area contributed by atoms with Gasteiger partial charge in [0.05, 0.1) is 12.9 Å². The predicted molar refractivity (Wildman–Crippen MR) is 71.4 cm³/mol. The van der Waals surface area contributed by atoms with Crippen LogP contribution in [0, 0.1) is 14.3 Å². The Kier molecular flexibility index (Phi) is 3.37. The Morgan fingerprint density at radius 3 is 2.71 bits per heavy atom. The van der Waals surface area contributed by atoms with Crippen LogP contribution in [0.15, 0.2) is 6.33 Å². The van der Waals surface area contributed by atoms with Crippen molar-refractivity contribution in [3.8, 4) is 0 Å². The summed E-state index contributed by atoms with van der Waals surface area (Å²) in [4.78, 5) is 4.22. The number of rotatable bonds is 2. The van der Waals surface area contributed by atoms with E-state index in [0.717, 1.165) is 24.0 Å². The summed E-state index contributed by atoms with van der Waals surface area (Å²) in [5, 5.41) is 10.1. The molecule has 4 nitrogen and oxygen atoms in total. The molecule has 0 saturated heterocycles. The van der Waals surface area contributed by atoms with Crippen molar-refractivity contribution in [3.63, 3.8) is 0 Å². The molecule has 2 aromatic rings. The van der Waals surface area contributed by atoms with E-state index in [1.165, 1.54) is 0 Å². The lowest BCUT2D eigenvalue weighted by molar-refractivity contribution is 0.758. The second-order valence-corrected chi connectivity index (χ2v) is 5.98. The topological polar surface area (TPSA) is 43.6 Å². The van der Waals surface area contributed by atoms with E-state index in [1.54, 1.807) is 11.3 Å². The molecular formula is C7H6I2N4S. The average molecular weight is 432 g/mol. The van der Waals surface area contributed by atoms with Crippen LogP contribution in [-0.4, -0.2) is 19.7 Å². The number of aromatic nitrogens is 4. The van der Waals surface area contributed by atoms with Crippen LogP contribution < -0.4 is 0 Å². The molecule has 0 radical (unpaired) electrons. The van der Waals surface area contributed by atoms with Crippen LogP contribution in [0.5, 0.6) is 0 Å². The molecule has 0 aliphatic rings. The molecule has 0 N–H and O–H groups in total. The Morgan fingerprint density at radius 2 is 2.21 bits per heavy atom. The maximum Gasteiger partial charge on any atom is 0.137 e. The molecule has 74 valence electrons. The molecule has 2 aromatic heterocycles. The van der Waals surface area contributed by atoms with Gasteiger partial charge in [0.15, 0.2) is 0 Å². The van der Waals surface area contributed by atoms with Crippen molar-refractivity contribution < 1.29 is 0 Å². The summed E-state index contributed by atoms with van der Waals surface area (Å²) in [6.07, 6.45) is 1.83. The van der Waals surface area contributed by atoms with Gasteiger partial charge in [0.25, 0.3) is 0 Å². The van der Waals surface area contributed by atoms with Crippen LogP contribution in [0.4, 0.5) is 0 Å². The van der Waals surface area contributed by atoms with Gasteiger partial charge in [-0.05, 0) is 52.1 Å². The summed E-state index contributed by atoms with van der Waals surface area (Å²) < 4.78 is 4.25. The van der Waals surface area contributed by atoms with Crippen LogP contribution >= 0.6 is 56.5 Å². The number of halogens is 2. The molecule has 14 heavy (non-hydrogen) atoms. The van der Waals surface area contributed by atoms with Gasteiger partial charge in [-0.1, -0.05) is 11.3 Å². The monoisotopic (exact) mass is 432 g/mol. The third-order valence-corrected chi connectivity index (χ3v) is 5.38. The molecule has 0 spiro atoms.